The first kappa shape index (κ1) is 16.1. The summed E-state index contributed by atoms with van der Waals surface area (Å²) < 4.78 is 19.4. The van der Waals surface area contributed by atoms with Gasteiger partial charge in [0.2, 0.25) is 0 Å². The van der Waals surface area contributed by atoms with Crippen LogP contribution in [0.15, 0.2) is 45.6 Å². The normalized spacial score (nSPS) is 13.4. The van der Waals surface area contributed by atoms with Crippen LogP contribution in [0.2, 0.25) is 0 Å². The summed E-state index contributed by atoms with van der Waals surface area (Å²) in [6.07, 6.45) is 1.50. The third kappa shape index (κ3) is 3.43. The number of nitrogens with one attached hydrogen (secondary N) is 1. The highest BCUT2D eigenvalue weighted by molar-refractivity contribution is 7.97. The molecule has 0 bridgehead atoms. The van der Waals surface area contributed by atoms with Gasteiger partial charge >= 0.3 is 5.63 Å². The number of phenols is 1. The molecule has 1 aromatic heterocycles. The highest BCUT2D eigenvalue weighted by Gasteiger charge is 2.08. The van der Waals surface area contributed by atoms with Crippen molar-refractivity contribution in [3.63, 3.8) is 0 Å². The Labute approximate surface area is 139 Å². The van der Waals surface area contributed by atoms with E-state index in [9.17, 15) is 14.1 Å². The van der Waals surface area contributed by atoms with Crippen molar-refractivity contribution in [3.8, 4) is 17.6 Å². The lowest BCUT2D eigenvalue weighted by Gasteiger charge is -2.03. The summed E-state index contributed by atoms with van der Waals surface area (Å²) in [5.41, 5.74) is 0.504. The third-order valence-corrected chi connectivity index (χ3v) is 4.15. The molecule has 0 fully saturated rings. The summed E-state index contributed by atoms with van der Waals surface area (Å²) in [6, 6.07) is 9.92. The van der Waals surface area contributed by atoms with Crippen LogP contribution in [0.25, 0.3) is 21.7 Å². The molecule has 0 saturated heterocycles. The van der Waals surface area contributed by atoms with Gasteiger partial charge in [0.15, 0.2) is 0 Å². The van der Waals surface area contributed by atoms with Gasteiger partial charge in [0, 0.05) is 38.4 Å². The third-order valence-electron chi connectivity index (χ3n) is 3.40. The van der Waals surface area contributed by atoms with Crippen molar-refractivity contribution < 1.29 is 13.7 Å². The molecule has 3 aromatic rings. The van der Waals surface area contributed by atoms with Gasteiger partial charge in [0.25, 0.3) is 0 Å². The number of fused-ring (bicyclic) bond motifs is 3. The minimum absolute atomic E-state index is 0.0397. The summed E-state index contributed by atoms with van der Waals surface area (Å²) in [7, 11) is -2.29. The van der Waals surface area contributed by atoms with Crippen LogP contribution in [-0.2, 0) is 9.71 Å². The monoisotopic (exact) mass is 341 g/mol. The average molecular weight is 341 g/mol. The standard InChI is InChI=1S/C18H15NO4S/c1-24(2,22)19-9-3-4-12-5-7-14-15-8-6-13(20)11-17(15)23-18(21)16(14)10-12/h5-8,10-11,20H,1,9H2,2H3,(H,19,22). The van der Waals surface area contributed by atoms with Crippen molar-refractivity contribution in [1.82, 2.24) is 4.72 Å². The van der Waals surface area contributed by atoms with E-state index >= 15 is 0 Å². The van der Waals surface area contributed by atoms with Gasteiger partial charge in [0.05, 0.1) is 11.9 Å². The predicted octanol–water partition coefficient (Wildman–Crippen LogP) is 1.85. The van der Waals surface area contributed by atoms with Gasteiger partial charge in [-0.25, -0.2) is 9.52 Å². The average Bonchev–Trinajstić information content (AvgIpc) is 2.50. The van der Waals surface area contributed by atoms with Crippen molar-refractivity contribution in [3.05, 3.63) is 52.4 Å². The Kier molecular flexibility index (Phi) is 4.06. The van der Waals surface area contributed by atoms with Crippen LogP contribution in [0.4, 0.5) is 0 Å². The smallest absolute Gasteiger partial charge is 0.344 e. The summed E-state index contributed by atoms with van der Waals surface area (Å²) in [4.78, 5) is 12.2. The lowest BCUT2D eigenvalue weighted by atomic mass is 10.0. The summed E-state index contributed by atoms with van der Waals surface area (Å²) in [6.45, 7) is 0.239. The number of benzene rings is 2. The maximum Gasteiger partial charge on any atom is 0.344 e. The van der Waals surface area contributed by atoms with E-state index in [-0.39, 0.29) is 12.3 Å². The molecule has 0 amide bonds. The van der Waals surface area contributed by atoms with Crippen molar-refractivity contribution in [2.24, 2.45) is 0 Å². The minimum atomic E-state index is -2.29. The first-order chi connectivity index (χ1) is 11.3. The zero-order valence-electron chi connectivity index (χ0n) is 13.0. The second kappa shape index (κ2) is 6.04. The molecule has 1 atom stereocenters. The molecule has 1 unspecified atom stereocenters. The molecule has 2 N–H and O–H groups in total. The second-order valence-corrected chi connectivity index (χ2v) is 7.76. The fourth-order valence-corrected chi connectivity index (χ4v) is 2.71. The Morgan fingerprint density at radius 2 is 1.96 bits per heavy atom. The van der Waals surface area contributed by atoms with E-state index in [1.807, 2.05) is 0 Å². The van der Waals surface area contributed by atoms with E-state index in [2.05, 4.69) is 22.4 Å². The summed E-state index contributed by atoms with van der Waals surface area (Å²) in [5.74, 6) is 9.27. The Morgan fingerprint density at radius 1 is 1.21 bits per heavy atom. The van der Waals surface area contributed by atoms with E-state index < -0.39 is 15.3 Å². The van der Waals surface area contributed by atoms with Crippen LogP contribution in [-0.4, -0.2) is 28.0 Å². The fourth-order valence-electron chi connectivity index (χ4n) is 2.33. The van der Waals surface area contributed by atoms with E-state index in [4.69, 9.17) is 4.42 Å². The minimum Gasteiger partial charge on any atom is -0.508 e. The summed E-state index contributed by atoms with van der Waals surface area (Å²) >= 11 is 0. The van der Waals surface area contributed by atoms with Gasteiger partial charge in [0.1, 0.15) is 11.3 Å². The van der Waals surface area contributed by atoms with Crippen LogP contribution in [0.3, 0.4) is 0 Å². The van der Waals surface area contributed by atoms with E-state index in [0.29, 0.717) is 16.5 Å². The fraction of sp³-hybridized carbons (Fsp3) is 0.111. The summed E-state index contributed by atoms with van der Waals surface area (Å²) in [5, 5.41) is 11.4. The molecular weight excluding hydrogens is 326 g/mol. The largest absolute Gasteiger partial charge is 0.508 e. The van der Waals surface area contributed by atoms with E-state index in [1.165, 1.54) is 12.3 Å². The Balaban J connectivity index is 2.05. The molecule has 0 aliphatic heterocycles. The topological polar surface area (TPSA) is 79.5 Å². The molecule has 0 spiro atoms. The molecule has 0 saturated carbocycles. The molecule has 5 nitrogen and oxygen atoms in total. The van der Waals surface area contributed by atoms with Crippen LogP contribution < -0.4 is 10.3 Å². The van der Waals surface area contributed by atoms with Crippen molar-refractivity contribution in [2.75, 3.05) is 12.8 Å². The Bertz CT molecular complexity index is 1160. The molecule has 0 aliphatic carbocycles. The van der Waals surface area contributed by atoms with Gasteiger partial charge in [-0.15, -0.1) is 0 Å². The first-order valence-corrected chi connectivity index (χ1v) is 9.22. The molecule has 6 heteroatoms. The number of hydrogen-bond donors (Lipinski definition) is 2. The maximum absolute atomic E-state index is 12.2. The Hall–Kier alpha value is -2.75. The molecule has 122 valence electrons. The van der Waals surface area contributed by atoms with Gasteiger partial charge in [-0.3, -0.25) is 4.21 Å². The number of rotatable bonds is 2. The lowest BCUT2D eigenvalue weighted by molar-refractivity contribution is 0.473. The first-order valence-electron chi connectivity index (χ1n) is 7.09. The maximum atomic E-state index is 12.2. The number of hydrogen-bond acceptors (Lipinski definition) is 4. The van der Waals surface area contributed by atoms with Gasteiger partial charge in [-0.1, -0.05) is 17.9 Å². The molecule has 3 rings (SSSR count). The number of phenolic OH excluding ortho intramolecular Hbond substituents is 1. The predicted molar refractivity (Wildman–Crippen MR) is 97.7 cm³/mol. The highest BCUT2D eigenvalue weighted by Crippen LogP contribution is 2.26. The second-order valence-electron chi connectivity index (χ2n) is 5.46. The number of aromatic hydroxyl groups is 1. The van der Waals surface area contributed by atoms with Gasteiger partial charge in [-0.2, -0.15) is 0 Å². The lowest BCUT2D eigenvalue weighted by Crippen LogP contribution is -2.21. The molecule has 1 heterocycles. The van der Waals surface area contributed by atoms with Crippen LogP contribution in [0.1, 0.15) is 5.56 Å². The molecule has 0 radical (unpaired) electrons. The SMILES string of the molecule is C=S(C)(=O)NCC#Cc1ccc2c(c1)c(=O)oc1cc(O)ccc12. The van der Waals surface area contributed by atoms with E-state index in [1.54, 1.807) is 30.3 Å². The van der Waals surface area contributed by atoms with Crippen molar-refractivity contribution in [2.45, 2.75) is 0 Å². The van der Waals surface area contributed by atoms with E-state index in [0.717, 1.165) is 10.8 Å². The van der Waals surface area contributed by atoms with Crippen LogP contribution >= 0.6 is 0 Å². The van der Waals surface area contributed by atoms with Crippen LogP contribution in [0, 0.1) is 11.8 Å². The zero-order valence-corrected chi connectivity index (χ0v) is 13.8. The molecule has 2 aromatic carbocycles. The highest BCUT2D eigenvalue weighted by atomic mass is 32.2. The van der Waals surface area contributed by atoms with Crippen molar-refractivity contribution >= 4 is 37.3 Å². The van der Waals surface area contributed by atoms with Crippen molar-refractivity contribution in [1.29, 1.82) is 0 Å². The van der Waals surface area contributed by atoms with Crippen LogP contribution in [0.5, 0.6) is 5.75 Å². The molecular formula is C18H15NO4S. The molecule has 24 heavy (non-hydrogen) atoms. The molecule has 0 aliphatic rings. The quantitative estimate of drug-likeness (QED) is 0.323. The van der Waals surface area contributed by atoms with Gasteiger partial charge < -0.3 is 9.52 Å². The zero-order chi connectivity index (χ0) is 17.3. The van der Waals surface area contributed by atoms with Gasteiger partial charge in [-0.05, 0) is 30.1 Å². The Morgan fingerprint density at radius 3 is 2.71 bits per heavy atom.